The zero-order valence-corrected chi connectivity index (χ0v) is 11.2. The van der Waals surface area contributed by atoms with Crippen molar-refractivity contribution in [2.24, 2.45) is 0 Å². The van der Waals surface area contributed by atoms with Crippen molar-refractivity contribution in [3.63, 3.8) is 0 Å². The Morgan fingerprint density at radius 3 is 3.14 bits per heavy atom. The second-order valence-corrected chi connectivity index (χ2v) is 4.77. The van der Waals surface area contributed by atoms with Crippen molar-refractivity contribution in [2.45, 2.75) is 6.92 Å². The average molecular weight is 281 g/mol. The van der Waals surface area contributed by atoms with Crippen LogP contribution in [0.15, 0.2) is 30.6 Å². The molecular weight excluding hydrogens is 270 g/mol. The van der Waals surface area contributed by atoms with Crippen LogP contribution in [0.4, 0.5) is 5.69 Å². The third-order valence-electron chi connectivity index (χ3n) is 3.27. The van der Waals surface area contributed by atoms with Crippen molar-refractivity contribution in [3.8, 4) is 11.4 Å². The number of nitrogens with one attached hydrogen (secondary N) is 1. The minimum absolute atomic E-state index is 0.0451. The van der Waals surface area contributed by atoms with E-state index in [1.54, 1.807) is 17.1 Å². The summed E-state index contributed by atoms with van der Waals surface area (Å²) in [5.74, 6) is 1.17. The number of anilines is 1. The molecule has 0 saturated heterocycles. The van der Waals surface area contributed by atoms with Crippen molar-refractivity contribution in [1.29, 1.82) is 0 Å². The molecule has 1 aromatic carbocycles. The first-order valence-corrected chi connectivity index (χ1v) is 6.45. The van der Waals surface area contributed by atoms with E-state index in [4.69, 9.17) is 4.74 Å². The number of rotatable bonds is 1. The monoisotopic (exact) mass is 281 g/mol. The predicted molar refractivity (Wildman–Crippen MR) is 75.5 cm³/mol. The Morgan fingerprint density at radius 2 is 2.24 bits per heavy atom. The molecule has 2 aromatic heterocycles. The van der Waals surface area contributed by atoms with Crippen LogP contribution in [0.1, 0.15) is 5.82 Å². The topological polar surface area (TPSA) is 81.9 Å². The van der Waals surface area contributed by atoms with Gasteiger partial charge >= 0.3 is 0 Å². The summed E-state index contributed by atoms with van der Waals surface area (Å²) in [5.41, 5.74) is 2.16. The third-order valence-corrected chi connectivity index (χ3v) is 3.27. The van der Waals surface area contributed by atoms with Crippen LogP contribution in [0.5, 0.6) is 5.75 Å². The molecule has 0 spiro atoms. The Bertz CT molecular complexity index is 871. The number of fused-ring (bicyclic) bond motifs is 2. The molecule has 4 rings (SSSR count). The van der Waals surface area contributed by atoms with E-state index in [-0.39, 0.29) is 12.5 Å². The van der Waals surface area contributed by atoms with Gasteiger partial charge in [0.15, 0.2) is 12.3 Å². The Kier molecular flexibility index (Phi) is 2.41. The number of ether oxygens (including phenoxy) is 1. The summed E-state index contributed by atoms with van der Waals surface area (Å²) < 4.78 is 7.06. The largest absolute Gasteiger partial charge is 0.482 e. The first-order chi connectivity index (χ1) is 10.2. The van der Waals surface area contributed by atoms with E-state index in [0.717, 1.165) is 16.7 Å². The average Bonchev–Trinajstić information content (AvgIpc) is 2.89. The molecule has 0 unspecified atom stereocenters. The molecule has 1 aliphatic heterocycles. The number of aryl methyl sites for hydroxylation is 1. The van der Waals surface area contributed by atoms with Gasteiger partial charge < -0.3 is 10.1 Å². The molecule has 1 amide bonds. The first kappa shape index (κ1) is 11.8. The van der Waals surface area contributed by atoms with Gasteiger partial charge in [-0.3, -0.25) is 4.79 Å². The summed E-state index contributed by atoms with van der Waals surface area (Å²) >= 11 is 0. The fourth-order valence-electron chi connectivity index (χ4n) is 2.29. The van der Waals surface area contributed by atoms with Crippen LogP contribution in [0.25, 0.3) is 16.7 Å². The van der Waals surface area contributed by atoms with Crippen LogP contribution >= 0.6 is 0 Å². The number of benzene rings is 1. The maximum absolute atomic E-state index is 11.4. The van der Waals surface area contributed by atoms with Gasteiger partial charge in [-0.15, -0.1) is 0 Å². The second kappa shape index (κ2) is 4.27. The lowest BCUT2D eigenvalue weighted by atomic mass is 10.2. The molecule has 0 bridgehead atoms. The fraction of sp³-hybridized carbons (Fsp3) is 0.143. The zero-order chi connectivity index (χ0) is 14.4. The van der Waals surface area contributed by atoms with E-state index >= 15 is 0 Å². The number of hydrogen-bond acceptors (Lipinski definition) is 5. The lowest BCUT2D eigenvalue weighted by Crippen LogP contribution is -2.25. The molecule has 0 aliphatic carbocycles. The Hall–Kier alpha value is -2.96. The summed E-state index contributed by atoms with van der Waals surface area (Å²) in [5, 5.41) is 7.98. The van der Waals surface area contributed by atoms with Crippen molar-refractivity contribution < 1.29 is 9.53 Å². The fourth-order valence-corrected chi connectivity index (χ4v) is 2.29. The highest BCUT2D eigenvalue weighted by Crippen LogP contribution is 2.30. The van der Waals surface area contributed by atoms with Crippen LogP contribution in [-0.2, 0) is 4.79 Å². The van der Waals surface area contributed by atoms with Gasteiger partial charge in [-0.2, -0.15) is 5.10 Å². The van der Waals surface area contributed by atoms with Crippen molar-refractivity contribution >= 4 is 22.6 Å². The highest BCUT2D eigenvalue weighted by molar-refractivity contribution is 5.95. The number of carbonyl (C=O) groups is 1. The molecule has 0 saturated carbocycles. The molecule has 1 N–H and O–H groups in total. The molecule has 104 valence electrons. The van der Waals surface area contributed by atoms with Gasteiger partial charge in [-0.25, -0.2) is 14.6 Å². The normalized spacial score (nSPS) is 13.7. The molecule has 7 nitrogen and oxygen atoms in total. The summed E-state index contributed by atoms with van der Waals surface area (Å²) in [7, 11) is 0. The third kappa shape index (κ3) is 1.90. The SMILES string of the molecule is Cc1ncc2cnn(-c3ccc4c(c3)NC(=O)CO4)c2n1. The smallest absolute Gasteiger partial charge is 0.262 e. The van der Waals surface area contributed by atoms with Crippen LogP contribution in [-0.4, -0.2) is 32.3 Å². The Morgan fingerprint density at radius 1 is 1.33 bits per heavy atom. The van der Waals surface area contributed by atoms with E-state index < -0.39 is 0 Å². The van der Waals surface area contributed by atoms with Crippen molar-refractivity contribution in [2.75, 3.05) is 11.9 Å². The summed E-state index contributed by atoms with van der Waals surface area (Å²) in [6, 6.07) is 5.50. The molecular formula is C14H11N5O2. The molecule has 1 aliphatic rings. The van der Waals surface area contributed by atoms with Crippen LogP contribution in [0.3, 0.4) is 0 Å². The van der Waals surface area contributed by atoms with Gasteiger partial charge in [0, 0.05) is 6.20 Å². The Balaban J connectivity index is 1.87. The molecule has 3 aromatic rings. The van der Waals surface area contributed by atoms with E-state index in [2.05, 4.69) is 20.4 Å². The van der Waals surface area contributed by atoms with Crippen molar-refractivity contribution in [1.82, 2.24) is 19.7 Å². The van der Waals surface area contributed by atoms with Gasteiger partial charge in [-0.05, 0) is 25.1 Å². The van der Waals surface area contributed by atoms with Crippen LogP contribution < -0.4 is 10.1 Å². The summed E-state index contributed by atoms with van der Waals surface area (Å²) in [4.78, 5) is 20.0. The predicted octanol–water partition coefficient (Wildman–Crippen LogP) is 1.45. The van der Waals surface area contributed by atoms with Gasteiger partial charge in [0.2, 0.25) is 0 Å². The molecule has 7 heteroatoms. The summed E-state index contributed by atoms with van der Waals surface area (Å²) in [6.45, 7) is 1.88. The van der Waals surface area contributed by atoms with E-state index in [1.165, 1.54) is 0 Å². The minimum atomic E-state index is -0.164. The minimum Gasteiger partial charge on any atom is -0.482 e. The zero-order valence-electron chi connectivity index (χ0n) is 11.2. The number of amides is 1. The first-order valence-electron chi connectivity index (χ1n) is 6.45. The van der Waals surface area contributed by atoms with Gasteiger partial charge in [-0.1, -0.05) is 0 Å². The molecule has 3 heterocycles. The van der Waals surface area contributed by atoms with Gasteiger partial charge in [0.25, 0.3) is 5.91 Å². The number of hydrogen-bond donors (Lipinski definition) is 1. The number of nitrogens with zero attached hydrogens (tertiary/aromatic N) is 4. The summed E-state index contributed by atoms with van der Waals surface area (Å²) in [6.07, 6.45) is 3.45. The maximum Gasteiger partial charge on any atom is 0.262 e. The van der Waals surface area contributed by atoms with Crippen LogP contribution in [0.2, 0.25) is 0 Å². The highest BCUT2D eigenvalue weighted by atomic mass is 16.5. The van der Waals surface area contributed by atoms with E-state index in [9.17, 15) is 4.79 Å². The van der Waals surface area contributed by atoms with E-state index in [1.807, 2.05) is 25.1 Å². The van der Waals surface area contributed by atoms with E-state index in [0.29, 0.717) is 17.3 Å². The number of aromatic nitrogens is 4. The lowest BCUT2D eigenvalue weighted by molar-refractivity contribution is -0.118. The van der Waals surface area contributed by atoms with Crippen molar-refractivity contribution in [3.05, 3.63) is 36.4 Å². The molecule has 0 fully saturated rings. The number of carbonyl (C=O) groups excluding carboxylic acids is 1. The molecule has 21 heavy (non-hydrogen) atoms. The standard InChI is InChI=1S/C14H11N5O2/c1-8-15-5-9-6-16-19(14(9)17-8)10-2-3-12-11(4-10)18-13(20)7-21-12/h2-6H,7H2,1H3,(H,18,20). The lowest BCUT2D eigenvalue weighted by Gasteiger charge is -2.18. The molecule has 0 radical (unpaired) electrons. The van der Waals surface area contributed by atoms with Gasteiger partial charge in [0.05, 0.1) is 23.0 Å². The second-order valence-electron chi connectivity index (χ2n) is 4.77. The Labute approximate surface area is 119 Å². The van der Waals surface area contributed by atoms with Gasteiger partial charge in [0.1, 0.15) is 11.6 Å². The quantitative estimate of drug-likeness (QED) is 0.730. The van der Waals surface area contributed by atoms with Crippen LogP contribution in [0, 0.1) is 6.92 Å². The molecule has 0 atom stereocenters. The maximum atomic E-state index is 11.4. The highest BCUT2D eigenvalue weighted by Gasteiger charge is 2.17.